The molecule has 0 spiro atoms. The molecule has 0 aliphatic carbocycles. The van der Waals surface area contributed by atoms with Gasteiger partial charge in [-0.2, -0.15) is 0 Å². The van der Waals surface area contributed by atoms with E-state index >= 15 is 0 Å². The molecular formula is C33H22NO2P. The normalized spacial score (nSPS) is 11.9. The third-order valence-electron chi connectivity index (χ3n) is 6.96. The lowest BCUT2D eigenvalue weighted by Gasteiger charge is -2.20. The Morgan fingerprint density at radius 1 is 0.541 bits per heavy atom. The van der Waals surface area contributed by atoms with E-state index in [0.29, 0.717) is 0 Å². The Labute approximate surface area is 214 Å². The number of pyridine rings is 1. The van der Waals surface area contributed by atoms with Crippen LogP contribution in [0.2, 0.25) is 0 Å². The summed E-state index contributed by atoms with van der Waals surface area (Å²) in [6, 6.07) is 43.8. The van der Waals surface area contributed by atoms with E-state index in [2.05, 4.69) is 18.2 Å². The van der Waals surface area contributed by atoms with E-state index in [0.717, 1.165) is 60.0 Å². The molecule has 0 atom stereocenters. The Kier molecular flexibility index (Phi) is 5.06. The second-order valence-corrected chi connectivity index (χ2v) is 11.9. The summed E-state index contributed by atoms with van der Waals surface area (Å²) in [4.78, 5) is 4.95. The van der Waals surface area contributed by atoms with Crippen LogP contribution < -0.4 is 15.9 Å². The third kappa shape index (κ3) is 3.43. The van der Waals surface area contributed by atoms with Gasteiger partial charge in [0.05, 0.1) is 5.52 Å². The predicted molar refractivity (Wildman–Crippen MR) is 154 cm³/mol. The van der Waals surface area contributed by atoms with E-state index in [-0.39, 0.29) is 0 Å². The first kappa shape index (κ1) is 21.8. The molecule has 2 heterocycles. The van der Waals surface area contributed by atoms with E-state index in [4.69, 9.17) is 9.40 Å². The molecule has 0 N–H and O–H groups in total. The van der Waals surface area contributed by atoms with Crippen molar-refractivity contribution in [1.29, 1.82) is 0 Å². The van der Waals surface area contributed by atoms with Gasteiger partial charge in [0.1, 0.15) is 11.1 Å². The lowest BCUT2D eigenvalue weighted by Crippen LogP contribution is -2.24. The highest BCUT2D eigenvalue weighted by molar-refractivity contribution is 7.85. The summed E-state index contributed by atoms with van der Waals surface area (Å²) in [7, 11) is -3.04. The van der Waals surface area contributed by atoms with E-state index < -0.39 is 7.14 Å². The summed E-state index contributed by atoms with van der Waals surface area (Å²) in [5, 5.41) is 4.47. The minimum atomic E-state index is -3.04. The molecule has 7 aromatic rings. The number of furan rings is 1. The fourth-order valence-corrected chi connectivity index (χ4v) is 7.83. The summed E-state index contributed by atoms with van der Waals surface area (Å²) in [6.45, 7) is 0. The average Bonchev–Trinajstić information content (AvgIpc) is 3.34. The zero-order chi connectivity index (χ0) is 24.8. The van der Waals surface area contributed by atoms with Crippen LogP contribution in [0.3, 0.4) is 0 Å². The molecule has 3 nitrogen and oxygen atoms in total. The molecule has 0 unspecified atom stereocenters. The molecule has 0 aliphatic rings. The molecule has 5 aromatic carbocycles. The summed E-state index contributed by atoms with van der Waals surface area (Å²) < 4.78 is 21.1. The van der Waals surface area contributed by atoms with Crippen molar-refractivity contribution in [1.82, 2.24) is 4.98 Å². The van der Waals surface area contributed by atoms with E-state index in [1.54, 1.807) is 0 Å². The maximum absolute atomic E-state index is 14.8. The number of benzene rings is 5. The first-order valence-corrected chi connectivity index (χ1v) is 14.0. The molecule has 4 heteroatoms. The Morgan fingerprint density at radius 3 is 1.76 bits per heavy atom. The van der Waals surface area contributed by atoms with Gasteiger partial charge in [0, 0.05) is 32.2 Å². The number of para-hydroxylation sites is 2. The maximum atomic E-state index is 14.8. The fourth-order valence-electron chi connectivity index (χ4n) is 5.19. The zero-order valence-electron chi connectivity index (χ0n) is 19.9. The fraction of sp³-hybridized carbons (Fsp3) is 0. The maximum Gasteiger partial charge on any atom is 0.171 e. The topological polar surface area (TPSA) is 43.1 Å². The molecule has 0 bridgehead atoms. The van der Waals surface area contributed by atoms with Crippen molar-refractivity contribution in [3.8, 4) is 11.1 Å². The number of aromatic nitrogens is 1. The van der Waals surface area contributed by atoms with Gasteiger partial charge in [-0.25, -0.2) is 4.98 Å². The van der Waals surface area contributed by atoms with Crippen molar-refractivity contribution in [3.05, 3.63) is 133 Å². The van der Waals surface area contributed by atoms with Crippen LogP contribution in [0.4, 0.5) is 0 Å². The van der Waals surface area contributed by atoms with Gasteiger partial charge in [-0.05, 0) is 23.8 Å². The number of hydrogen-bond donors (Lipinski definition) is 0. The lowest BCUT2D eigenvalue weighted by atomic mass is 9.99. The minimum absolute atomic E-state index is 0.766. The summed E-state index contributed by atoms with van der Waals surface area (Å²) in [5.74, 6) is 0. The molecule has 0 saturated carbocycles. The number of fused-ring (bicyclic) bond motifs is 4. The van der Waals surface area contributed by atoms with Crippen molar-refractivity contribution < 1.29 is 8.98 Å². The van der Waals surface area contributed by atoms with Gasteiger partial charge in [-0.1, -0.05) is 115 Å². The van der Waals surface area contributed by atoms with Crippen molar-refractivity contribution in [3.63, 3.8) is 0 Å². The first-order chi connectivity index (χ1) is 18.2. The van der Waals surface area contributed by atoms with Crippen molar-refractivity contribution in [2.75, 3.05) is 0 Å². The van der Waals surface area contributed by atoms with E-state index in [9.17, 15) is 4.57 Å². The third-order valence-corrected chi connectivity index (χ3v) is 10.0. The highest BCUT2D eigenvalue weighted by Crippen LogP contribution is 2.44. The minimum Gasteiger partial charge on any atom is -0.454 e. The van der Waals surface area contributed by atoms with Crippen LogP contribution in [-0.4, -0.2) is 4.98 Å². The van der Waals surface area contributed by atoms with Crippen LogP contribution in [0.15, 0.2) is 138 Å². The number of hydrogen-bond acceptors (Lipinski definition) is 3. The molecule has 0 fully saturated rings. The SMILES string of the molecule is O=P(c1ccccc1)(c1ccccc1)c1ccc(-c2c3ccccc3nc3c2oc2ccccc23)cc1. The van der Waals surface area contributed by atoms with Gasteiger partial charge in [0.2, 0.25) is 0 Å². The molecule has 37 heavy (non-hydrogen) atoms. The Morgan fingerprint density at radius 2 is 1.08 bits per heavy atom. The first-order valence-electron chi connectivity index (χ1n) is 12.3. The molecule has 0 radical (unpaired) electrons. The molecule has 0 amide bonds. The van der Waals surface area contributed by atoms with Gasteiger partial charge in [-0.3, -0.25) is 0 Å². The number of rotatable bonds is 4. The Bertz CT molecular complexity index is 1900. The quantitative estimate of drug-likeness (QED) is 0.238. The molecule has 0 saturated heterocycles. The van der Waals surface area contributed by atoms with Crippen LogP contribution in [0.25, 0.3) is 44.1 Å². The lowest BCUT2D eigenvalue weighted by molar-refractivity contribution is 0.592. The van der Waals surface area contributed by atoms with Crippen LogP contribution >= 0.6 is 7.14 Å². The van der Waals surface area contributed by atoms with Gasteiger partial charge >= 0.3 is 0 Å². The van der Waals surface area contributed by atoms with Gasteiger partial charge in [0.25, 0.3) is 0 Å². The van der Waals surface area contributed by atoms with Crippen LogP contribution in [-0.2, 0) is 4.57 Å². The monoisotopic (exact) mass is 495 g/mol. The summed E-state index contributed by atoms with van der Waals surface area (Å²) in [6.07, 6.45) is 0. The van der Waals surface area contributed by atoms with Crippen LogP contribution in [0, 0.1) is 0 Å². The van der Waals surface area contributed by atoms with E-state index in [1.165, 1.54) is 0 Å². The molecule has 0 aliphatic heterocycles. The van der Waals surface area contributed by atoms with Crippen molar-refractivity contribution >= 4 is 56.0 Å². The van der Waals surface area contributed by atoms with Crippen LogP contribution in [0.1, 0.15) is 0 Å². The largest absolute Gasteiger partial charge is 0.454 e. The van der Waals surface area contributed by atoms with Gasteiger partial charge in [0.15, 0.2) is 12.7 Å². The Hall–Kier alpha value is -4.46. The highest BCUT2D eigenvalue weighted by atomic mass is 31.2. The van der Waals surface area contributed by atoms with Gasteiger partial charge < -0.3 is 8.98 Å². The van der Waals surface area contributed by atoms with Crippen molar-refractivity contribution in [2.45, 2.75) is 0 Å². The standard InChI is InChI=1S/C33H22NO2P/c35-37(24-11-3-1-4-12-24,25-13-5-2-6-14-25)26-21-19-23(20-22-26)31-27-15-7-9-17-29(27)34-32-28-16-8-10-18-30(28)36-33(31)32/h1-22H. The summed E-state index contributed by atoms with van der Waals surface area (Å²) >= 11 is 0. The summed E-state index contributed by atoms with van der Waals surface area (Å²) in [5.41, 5.74) is 5.35. The van der Waals surface area contributed by atoms with E-state index in [1.807, 2.05) is 115 Å². The zero-order valence-corrected chi connectivity index (χ0v) is 20.8. The average molecular weight is 496 g/mol. The highest BCUT2D eigenvalue weighted by Gasteiger charge is 2.29. The Balaban J connectivity index is 1.46. The predicted octanol–water partition coefficient (Wildman–Crippen LogP) is 7.44. The van der Waals surface area contributed by atoms with Crippen LogP contribution in [0.5, 0.6) is 0 Å². The second-order valence-electron chi connectivity index (χ2n) is 9.11. The smallest absolute Gasteiger partial charge is 0.171 e. The molecule has 176 valence electrons. The molecular weight excluding hydrogens is 473 g/mol. The molecule has 7 rings (SSSR count). The van der Waals surface area contributed by atoms with Crippen molar-refractivity contribution in [2.24, 2.45) is 0 Å². The van der Waals surface area contributed by atoms with Gasteiger partial charge in [-0.15, -0.1) is 0 Å². The molecule has 2 aromatic heterocycles. The number of nitrogens with zero attached hydrogens (tertiary/aromatic N) is 1. The second kappa shape index (κ2) is 8.58.